The van der Waals surface area contributed by atoms with Crippen LogP contribution in [0.15, 0.2) is 0 Å². The summed E-state index contributed by atoms with van der Waals surface area (Å²) in [4.78, 5) is 10.3. The molecule has 0 bridgehead atoms. The van der Waals surface area contributed by atoms with E-state index in [2.05, 4.69) is 19.6 Å². The molecule has 0 aromatic rings. The van der Waals surface area contributed by atoms with E-state index in [1.165, 1.54) is 18.2 Å². The minimum Gasteiger partial charge on any atom is -0.422 e. The van der Waals surface area contributed by atoms with Crippen molar-refractivity contribution in [3.05, 3.63) is 0 Å². The first-order valence-corrected chi connectivity index (χ1v) is 10.7. The molecule has 0 aromatic heterocycles. The van der Waals surface area contributed by atoms with Crippen LogP contribution >= 0.6 is 11.8 Å². The quantitative estimate of drug-likeness (QED) is 0.349. The molecule has 0 amide bonds. The van der Waals surface area contributed by atoms with Gasteiger partial charge in [-0.3, -0.25) is 0 Å². The number of thioether (sulfide) groups is 1. The van der Waals surface area contributed by atoms with Gasteiger partial charge in [-0.15, -0.1) is 11.8 Å². The summed E-state index contributed by atoms with van der Waals surface area (Å²) < 4.78 is 15.7. The summed E-state index contributed by atoms with van der Waals surface area (Å²) in [7, 11) is -1.09. The molecule has 0 aliphatic heterocycles. The van der Waals surface area contributed by atoms with E-state index in [1.54, 1.807) is 6.92 Å². The van der Waals surface area contributed by atoms with Crippen molar-refractivity contribution in [2.75, 3.05) is 25.4 Å². The summed E-state index contributed by atoms with van der Waals surface area (Å²) in [6, 6.07) is 1.08. The Morgan fingerprint density at radius 1 is 1.35 bits per heavy atom. The molecule has 0 aliphatic carbocycles. The van der Waals surface area contributed by atoms with Crippen LogP contribution in [-0.2, 0) is 19.0 Å². The molecule has 6 heteroatoms. The highest BCUT2D eigenvalue weighted by atomic mass is 32.2. The van der Waals surface area contributed by atoms with Crippen molar-refractivity contribution in [3.63, 3.8) is 0 Å². The molecule has 0 fully saturated rings. The maximum absolute atomic E-state index is 10.3. The topological polar surface area (TPSA) is 44.8 Å². The Kier molecular flexibility index (Phi) is 8.11. The molecule has 17 heavy (non-hydrogen) atoms. The molecular formula is C11H23O4SSi. The van der Waals surface area contributed by atoms with E-state index < -0.39 is 13.9 Å². The molecule has 1 atom stereocenters. The van der Waals surface area contributed by atoms with Gasteiger partial charge in [-0.25, -0.2) is 4.79 Å². The van der Waals surface area contributed by atoms with Crippen molar-refractivity contribution in [3.8, 4) is 0 Å². The lowest BCUT2D eigenvalue weighted by molar-refractivity contribution is -0.197. The Morgan fingerprint density at radius 2 is 2.00 bits per heavy atom. The van der Waals surface area contributed by atoms with Crippen LogP contribution in [0.2, 0.25) is 25.7 Å². The number of ether oxygens (including phenoxy) is 3. The summed E-state index contributed by atoms with van der Waals surface area (Å²) in [5, 5.41) is 0. The van der Waals surface area contributed by atoms with Crippen LogP contribution in [0.1, 0.15) is 6.92 Å². The zero-order valence-corrected chi connectivity index (χ0v) is 13.2. The van der Waals surface area contributed by atoms with Gasteiger partial charge in [0.25, 0.3) is 0 Å². The van der Waals surface area contributed by atoms with Gasteiger partial charge in [-0.2, -0.15) is 0 Å². The summed E-state index contributed by atoms with van der Waals surface area (Å²) in [5.41, 5.74) is 0. The molecule has 0 N–H and O–H groups in total. The van der Waals surface area contributed by atoms with E-state index >= 15 is 0 Å². The molecule has 0 saturated heterocycles. The van der Waals surface area contributed by atoms with Crippen LogP contribution < -0.4 is 0 Å². The van der Waals surface area contributed by atoms with Crippen molar-refractivity contribution in [1.29, 1.82) is 0 Å². The fourth-order valence-electron chi connectivity index (χ4n) is 1.01. The third-order valence-electron chi connectivity index (χ3n) is 2.10. The molecule has 0 saturated carbocycles. The van der Waals surface area contributed by atoms with E-state index in [-0.39, 0.29) is 6.61 Å². The highest BCUT2D eigenvalue weighted by molar-refractivity contribution is 7.98. The Labute approximate surface area is 109 Å². The van der Waals surface area contributed by atoms with E-state index in [0.717, 1.165) is 6.04 Å². The minimum atomic E-state index is -1.09. The molecule has 0 heterocycles. The smallest absolute Gasteiger partial charge is 0.420 e. The van der Waals surface area contributed by atoms with Crippen LogP contribution in [0.3, 0.4) is 0 Å². The van der Waals surface area contributed by atoms with Crippen LogP contribution in [0.4, 0.5) is 0 Å². The molecule has 0 spiro atoms. The Bertz CT molecular complexity index is 220. The van der Waals surface area contributed by atoms with Gasteiger partial charge >= 0.3 is 6.47 Å². The van der Waals surface area contributed by atoms with Gasteiger partial charge in [0.15, 0.2) is 0 Å². The molecule has 0 aliphatic rings. The van der Waals surface area contributed by atoms with Gasteiger partial charge in [0.2, 0.25) is 5.79 Å². The fourth-order valence-corrected chi connectivity index (χ4v) is 2.13. The van der Waals surface area contributed by atoms with E-state index in [9.17, 15) is 4.79 Å². The number of hydrogen-bond donors (Lipinski definition) is 0. The summed E-state index contributed by atoms with van der Waals surface area (Å²) in [6.07, 6.45) is 1.91. The highest BCUT2D eigenvalue weighted by Gasteiger charge is 2.28. The van der Waals surface area contributed by atoms with Crippen LogP contribution in [-0.4, -0.2) is 45.7 Å². The average molecular weight is 279 g/mol. The monoisotopic (exact) mass is 279 g/mol. The Balaban J connectivity index is 3.95. The highest BCUT2D eigenvalue weighted by Crippen LogP contribution is 2.15. The predicted octanol–water partition coefficient (Wildman–Crippen LogP) is 2.48. The van der Waals surface area contributed by atoms with Crippen molar-refractivity contribution >= 4 is 26.3 Å². The maximum atomic E-state index is 10.3. The zero-order valence-electron chi connectivity index (χ0n) is 11.4. The Morgan fingerprint density at radius 3 is 2.47 bits per heavy atom. The maximum Gasteiger partial charge on any atom is 0.420 e. The van der Waals surface area contributed by atoms with E-state index in [4.69, 9.17) is 14.2 Å². The lowest BCUT2D eigenvalue weighted by Gasteiger charge is -2.27. The van der Waals surface area contributed by atoms with Gasteiger partial charge in [0.1, 0.15) is 6.61 Å². The first-order chi connectivity index (χ1) is 7.83. The summed E-state index contributed by atoms with van der Waals surface area (Å²) in [5.74, 6) is -0.570. The second-order valence-corrected chi connectivity index (χ2v) is 11.7. The minimum absolute atomic E-state index is 0.243. The van der Waals surface area contributed by atoms with Gasteiger partial charge in [-0.1, -0.05) is 19.6 Å². The van der Waals surface area contributed by atoms with Gasteiger partial charge in [-0.05, 0) is 12.3 Å². The molecule has 101 valence electrons. The average Bonchev–Trinajstić information content (AvgIpc) is 2.21. The molecule has 1 radical (unpaired) electrons. The number of hydrogen-bond acceptors (Lipinski definition) is 5. The zero-order chi connectivity index (χ0) is 13.4. The molecular weight excluding hydrogens is 256 g/mol. The van der Waals surface area contributed by atoms with Gasteiger partial charge in [0, 0.05) is 21.6 Å². The number of carbonyl (C=O) groups excluding carboxylic acids is 1. The van der Waals surface area contributed by atoms with Gasteiger partial charge in [0.05, 0.1) is 5.94 Å². The van der Waals surface area contributed by atoms with Crippen molar-refractivity contribution in [1.82, 2.24) is 0 Å². The van der Waals surface area contributed by atoms with Crippen LogP contribution in [0.5, 0.6) is 0 Å². The molecule has 4 nitrogen and oxygen atoms in total. The lowest BCUT2D eigenvalue weighted by atomic mass is 10.3. The second kappa shape index (κ2) is 8.13. The van der Waals surface area contributed by atoms with Crippen LogP contribution in [0.25, 0.3) is 0 Å². The predicted molar refractivity (Wildman–Crippen MR) is 73.6 cm³/mol. The molecule has 0 rings (SSSR count). The third kappa shape index (κ3) is 9.64. The van der Waals surface area contributed by atoms with Crippen molar-refractivity contribution in [2.45, 2.75) is 38.4 Å². The first-order valence-electron chi connectivity index (χ1n) is 5.59. The third-order valence-corrected chi connectivity index (χ3v) is 4.16. The number of rotatable bonds is 10. The first kappa shape index (κ1) is 17.0. The van der Waals surface area contributed by atoms with Crippen molar-refractivity contribution in [2.24, 2.45) is 0 Å². The largest absolute Gasteiger partial charge is 0.422 e. The Hall–Kier alpha value is -0.0431. The van der Waals surface area contributed by atoms with E-state index in [1.807, 2.05) is 6.26 Å². The molecule has 0 aromatic carbocycles. The standard InChI is InChI=1S/C11H23O4SSi/c1-11(14-9-12,15-10-16-2)8-13-6-7-17(3,4)5/h6-8,10H2,1-5H3. The molecule has 1 unspecified atom stereocenters. The summed E-state index contributed by atoms with van der Waals surface area (Å²) in [6.45, 7) is 10.9. The normalized spacial score (nSPS) is 15.4. The van der Waals surface area contributed by atoms with Crippen molar-refractivity contribution < 1.29 is 19.0 Å². The fraction of sp³-hybridized carbons (Fsp3) is 0.909. The van der Waals surface area contributed by atoms with E-state index in [0.29, 0.717) is 12.5 Å². The van der Waals surface area contributed by atoms with Gasteiger partial charge < -0.3 is 14.2 Å². The lowest BCUT2D eigenvalue weighted by Crippen LogP contribution is -2.38. The van der Waals surface area contributed by atoms with Crippen LogP contribution in [0, 0.1) is 0 Å². The second-order valence-electron chi connectivity index (χ2n) is 5.23. The summed E-state index contributed by atoms with van der Waals surface area (Å²) >= 11 is 1.52. The SMILES string of the molecule is CSCOC(C)(COCC[Si](C)(C)C)O[C]=O.